The molecule has 156 valence electrons. The highest BCUT2D eigenvalue weighted by atomic mass is 16.5. The summed E-state index contributed by atoms with van der Waals surface area (Å²) in [4.78, 5) is 30.9. The van der Waals surface area contributed by atoms with E-state index in [1.54, 1.807) is 0 Å². The zero-order chi connectivity index (χ0) is 20.6. The Kier molecular flexibility index (Phi) is 4.97. The number of ether oxygens (including phenoxy) is 1. The molecule has 5 nitrogen and oxygen atoms in total. The van der Waals surface area contributed by atoms with Crippen molar-refractivity contribution in [2.45, 2.75) is 44.1 Å². The molecule has 2 aromatic rings. The fraction of sp³-hybridized carbons (Fsp3) is 0.440. The number of nitrogens with zero attached hydrogens (tertiary/aromatic N) is 2. The number of hydrogen-bond acceptors (Lipinski definition) is 3. The largest absolute Gasteiger partial charge is 0.493 e. The molecule has 0 saturated carbocycles. The predicted octanol–water partition coefficient (Wildman–Crippen LogP) is 3.46. The SMILES string of the molecule is O=C(c1ccc2c(c1)CCO2)N1CCCC12CCCN(CCc1ccccc1)C2=O. The van der Waals surface area contributed by atoms with Crippen LogP contribution in [0.5, 0.6) is 5.75 Å². The molecule has 3 aliphatic heterocycles. The monoisotopic (exact) mass is 404 g/mol. The molecule has 2 amide bonds. The number of benzene rings is 2. The van der Waals surface area contributed by atoms with E-state index in [0.717, 1.165) is 56.4 Å². The molecule has 30 heavy (non-hydrogen) atoms. The maximum Gasteiger partial charge on any atom is 0.254 e. The van der Waals surface area contributed by atoms with E-state index in [1.165, 1.54) is 5.56 Å². The molecule has 3 heterocycles. The van der Waals surface area contributed by atoms with Gasteiger partial charge in [-0.05, 0) is 61.4 Å². The summed E-state index contributed by atoms with van der Waals surface area (Å²) in [5.74, 6) is 1.00. The van der Waals surface area contributed by atoms with E-state index in [2.05, 4.69) is 12.1 Å². The summed E-state index contributed by atoms with van der Waals surface area (Å²) in [6.45, 7) is 2.83. The van der Waals surface area contributed by atoms with Gasteiger partial charge in [-0.3, -0.25) is 9.59 Å². The molecule has 1 unspecified atom stereocenters. The first-order chi connectivity index (χ1) is 14.7. The summed E-state index contributed by atoms with van der Waals surface area (Å²) in [6.07, 6.45) is 5.07. The van der Waals surface area contributed by atoms with Crippen molar-refractivity contribution < 1.29 is 14.3 Å². The summed E-state index contributed by atoms with van der Waals surface area (Å²) >= 11 is 0. The van der Waals surface area contributed by atoms with Crippen LogP contribution in [0.2, 0.25) is 0 Å². The van der Waals surface area contributed by atoms with Crippen LogP contribution in [0.1, 0.15) is 47.2 Å². The molecule has 2 saturated heterocycles. The molecule has 5 heteroatoms. The molecular formula is C25H28N2O3. The molecule has 2 aromatic carbocycles. The Bertz CT molecular complexity index is 958. The lowest BCUT2D eigenvalue weighted by Crippen LogP contribution is -2.61. The molecular weight excluding hydrogens is 376 g/mol. The maximum absolute atomic E-state index is 13.6. The Balaban J connectivity index is 1.35. The highest BCUT2D eigenvalue weighted by Crippen LogP contribution is 2.39. The van der Waals surface area contributed by atoms with Crippen LogP contribution < -0.4 is 4.74 Å². The highest BCUT2D eigenvalue weighted by molar-refractivity contribution is 6.00. The average molecular weight is 405 g/mol. The van der Waals surface area contributed by atoms with Gasteiger partial charge in [0.2, 0.25) is 5.91 Å². The fourth-order valence-electron chi connectivity index (χ4n) is 5.32. The van der Waals surface area contributed by atoms with E-state index in [1.807, 2.05) is 46.2 Å². The van der Waals surface area contributed by atoms with Crippen LogP contribution in [0.15, 0.2) is 48.5 Å². The first kappa shape index (κ1) is 19.2. The predicted molar refractivity (Wildman–Crippen MR) is 115 cm³/mol. The summed E-state index contributed by atoms with van der Waals surface area (Å²) in [6, 6.07) is 16.0. The van der Waals surface area contributed by atoms with Crippen LogP contribution in [0, 0.1) is 0 Å². The van der Waals surface area contributed by atoms with Gasteiger partial charge in [-0.25, -0.2) is 0 Å². The van der Waals surface area contributed by atoms with Crippen LogP contribution in [0.25, 0.3) is 0 Å². The van der Waals surface area contributed by atoms with Gasteiger partial charge in [0.15, 0.2) is 0 Å². The van der Waals surface area contributed by atoms with Gasteiger partial charge in [-0.1, -0.05) is 30.3 Å². The number of carbonyl (C=O) groups excluding carboxylic acids is 2. The van der Waals surface area contributed by atoms with Gasteiger partial charge < -0.3 is 14.5 Å². The van der Waals surface area contributed by atoms with Crippen molar-refractivity contribution in [3.63, 3.8) is 0 Å². The van der Waals surface area contributed by atoms with E-state index in [9.17, 15) is 9.59 Å². The highest BCUT2D eigenvalue weighted by Gasteiger charge is 2.52. The summed E-state index contributed by atoms with van der Waals surface area (Å²) in [5.41, 5.74) is 2.34. The van der Waals surface area contributed by atoms with Crippen LogP contribution >= 0.6 is 0 Å². The van der Waals surface area contributed by atoms with Crippen molar-refractivity contribution in [1.29, 1.82) is 0 Å². The molecule has 0 aromatic heterocycles. The second-order valence-corrected chi connectivity index (χ2v) is 8.64. The third-order valence-corrected chi connectivity index (χ3v) is 6.89. The van der Waals surface area contributed by atoms with Crippen LogP contribution in [-0.4, -0.2) is 53.4 Å². The minimum absolute atomic E-state index is 0.0135. The van der Waals surface area contributed by atoms with E-state index in [4.69, 9.17) is 4.74 Å². The summed E-state index contributed by atoms with van der Waals surface area (Å²) in [5, 5.41) is 0. The van der Waals surface area contributed by atoms with Gasteiger partial charge in [0.05, 0.1) is 6.61 Å². The van der Waals surface area contributed by atoms with E-state index in [0.29, 0.717) is 25.3 Å². The molecule has 5 rings (SSSR count). The second kappa shape index (κ2) is 7.78. The van der Waals surface area contributed by atoms with Crippen molar-refractivity contribution in [3.8, 4) is 5.75 Å². The van der Waals surface area contributed by atoms with Gasteiger partial charge in [0.25, 0.3) is 5.91 Å². The summed E-state index contributed by atoms with van der Waals surface area (Å²) < 4.78 is 5.58. The zero-order valence-electron chi connectivity index (χ0n) is 17.3. The topological polar surface area (TPSA) is 49.9 Å². The molecule has 0 aliphatic carbocycles. The number of amides is 2. The molecule has 0 N–H and O–H groups in total. The van der Waals surface area contributed by atoms with Gasteiger partial charge in [0.1, 0.15) is 11.3 Å². The van der Waals surface area contributed by atoms with Crippen LogP contribution in [0.3, 0.4) is 0 Å². The van der Waals surface area contributed by atoms with E-state index in [-0.39, 0.29) is 11.8 Å². The molecule has 3 aliphatic rings. The molecule has 1 spiro atoms. The third kappa shape index (κ3) is 3.26. The summed E-state index contributed by atoms with van der Waals surface area (Å²) in [7, 11) is 0. The number of carbonyl (C=O) groups is 2. The molecule has 1 atom stereocenters. The third-order valence-electron chi connectivity index (χ3n) is 6.89. The van der Waals surface area contributed by atoms with E-state index >= 15 is 0 Å². The number of rotatable bonds is 4. The van der Waals surface area contributed by atoms with Crippen molar-refractivity contribution in [1.82, 2.24) is 9.80 Å². The van der Waals surface area contributed by atoms with Gasteiger partial charge in [-0.2, -0.15) is 0 Å². The number of piperidine rings is 1. The standard InChI is InChI=1S/C25H28N2O3/c28-23(21-8-9-22-20(18-21)11-17-30-22)27-15-5-13-25(27)12-4-14-26(24(25)29)16-10-19-6-2-1-3-7-19/h1-3,6-9,18H,4-5,10-17H2. The normalized spacial score (nSPS) is 23.0. The number of likely N-dealkylation sites (tertiary alicyclic amines) is 2. The first-order valence-electron chi connectivity index (χ1n) is 11.1. The Morgan fingerprint density at radius 2 is 1.83 bits per heavy atom. The van der Waals surface area contributed by atoms with Gasteiger partial charge in [0, 0.05) is 31.6 Å². The van der Waals surface area contributed by atoms with Crippen LogP contribution in [-0.2, 0) is 17.6 Å². The lowest BCUT2D eigenvalue weighted by atomic mass is 9.84. The van der Waals surface area contributed by atoms with Gasteiger partial charge >= 0.3 is 0 Å². The lowest BCUT2D eigenvalue weighted by Gasteiger charge is -2.44. The Morgan fingerprint density at radius 3 is 2.67 bits per heavy atom. The number of hydrogen-bond donors (Lipinski definition) is 0. The smallest absolute Gasteiger partial charge is 0.254 e. The Morgan fingerprint density at radius 1 is 1.03 bits per heavy atom. The minimum atomic E-state index is -0.665. The van der Waals surface area contributed by atoms with Crippen molar-refractivity contribution in [3.05, 3.63) is 65.2 Å². The Labute approximate surface area is 177 Å². The molecule has 2 fully saturated rings. The maximum atomic E-state index is 13.6. The quantitative estimate of drug-likeness (QED) is 0.784. The van der Waals surface area contributed by atoms with Crippen molar-refractivity contribution >= 4 is 11.8 Å². The van der Waals surface area contributed by atoms with Crippen molar-refractivity contribution in [2.75, 3.05) is 26.2 Å². The van der Waals surface area contributed by atoms with Gasteiger partial charge in [-0.15, -0.1) is 0 Å². The zero-order valence-corrected chi connectivity index (χ0v) is 17.3. The molecule has 0 radical (unpaired) electrons. The van der Waals surface area contributed by atoms with E-state index < -0.39 is 5.54 Å². The average Bonchev–Trinajstić information content (AvgIpc) is 3.42. The van der Waals surface area contributed by atoms with Crippen LogP contribution in [0.4, 0.5) is 0 Å². The first-order valence-corrected chi connectivity index (χ1v) is 11.1. The fourth-order valence-corrected chi connectivity index (χ4v) is 5.32. The number of fused-ring (bicyclic) bond motifs is 1. The Hall–Kier alpha value is -2.82. The second-order valence-electron chi connectivity index (χ2n) is 8.64. The van der Waals surface area contributed by atoms with Crippen molar-refractivity contribution in [2.24, 2.45) is 0 Å². The lowest BCUT2D eigenvalue weighted by molar-refractivity contribution is -0.145. The minimum Gasteiger partial charge on any atom is -0.493 e. The molecule has 0 bridgehead atoms.